The van der Waals surface area contributed by atoms with Crippen molar-refractivity contribution in [2.75, 3.05) is 0 Å². The van der Waals surface area contributed by atoms with E-state index >= 15 is 0 Å². The molecular formula is C26H27N3O4. The second-order valence-corrected chi connectivity index (χ2v) is 9.49. The number of nitrogens with one attached hydrogen (secondary N) is 1. The van der Waals surface area contributed by atoms with Crippen molar-refractivity contribution in [2.24, 2.45) is 5.92 Å². The minimum atomic E-state index is -0.661. The van der Waals surface area contributed by atoms with Crippen molar-refractivity contribution < 1.29 is 19.2 Å². The van der Waals surface area contributed by atoms with Crippen LogP contribution in [0, 0.1) is 5.92 Å². The molecule has 7 nitrogen and oxygen atoms in total. The SMILES string of the molecule is CC(C)[C@H]1Cc2ccccc2CN1C(=O)c1ccc2c(c1)CN(C1CCC(=O)NC1=O)C2=O. The number of nitrogens with zero attached hydrogens (tertiary/aromatic N) is 2. The highest BCUT2D eigenvalue weighted by atomic mass is 16.2. The lowest BCUT2D eigenvalue weighted by molar-refractivity contribution is -0.136. The zero-order valence-electron chi connectivity index (χ0n) is 18.8. The largest absolute Gasteiger partial charge is 0.331 e. The van der Waals surface area contributed by atoms with E-state index in [4.69, 9.17) is 0 Å². The first-order valence-corrected chi connectivity index (χ1v) is 11.5. The summed E-state index contributed by atoms with van der Waals surface area (Å²) in [6.07, 6.45) is 1.36. The van der Waals surface area contributed by atoms with E-state index in [9.17, 15) is 19.2 Å². The summed E-state index contributed by atoms with van der Waals surface area (Å²) in [6.45, 7) is 5.10. The zero-order chi connectivity index (χ0) is 23.3. The molecule has 5 rings (SSSR count). The lowest BCUT2D eigenvalue weighted by atomic mass is 9.87. The fourth-order valence-corrected chi connectivity index (χ4v) is 5.24. The van der Waals surface area contributed by atoms with Crippen LogP contribution in [0.15, 0.2) is 42.5 Å². The van der Waals surface area contributed by atoms with Gasteiger partial charge in [0.05, 0.1) is 0 Å². The van der Waals surface area contributed by atoms with Crippen LogP contribution >= 0.6 is 0 Å². The van der Waals surface area contributed by atoms with Crippen LogP contribution in [0.2, 0.25) is 0 Å². The standard InChI is InChI=1S/C26H27N3O4/c1-15(2)22-12-16-5-3-4-6-18(16)13-29(22)25(32)17-7-8-20-19(11-17)14-28(26(20)33)21-9-10-23(30)27-24(21)31/h3-8,11,15,21-22H,9-10,12-14H2,1-2H3,(H,27,30,31)/t21?,22-/m1/s1. The van der Waals surface area contributed by atoms with Gasteiger partial charge in [0.25, 0.3) is 11.8 Å². The molecule has 0 aromatic heterocycles. The number of amides is 4. The van der Waals surface area contributed by atoms with Crippen molar-refractivity contribution in [1.82, 2.24) is 15.1 Å². The highest BCUT2D eigenvalue weighted by molar-refractivity contribution is 6.06. The van der Waals surface area contributed by atoms with Crippen molar-refractivity contribution in [1.29, 1.82) is 0 Å². The van der Waals surface area contributed by atoms with Crippen LogP contribution in [0.1, 0.15) is 64.1 Å². The van der Waals surface area contributed by atoms with Gasteiger partial charge in [-0.3, -0.25) is 24.5 Å². The van der Waals surface area contributed by atoms with Gasteiger partial charge in [0.2, 0.25) is 11.8 Å². The molecule has 0 radical (unpaired) electrons. The Hall–Kier alpha value is -3.48. The van der Waals surface area contributed by atoms with Gasteiger partial charge in [-0.05, 0) is 53.6 Å². The van der Waals surface area contributed by atoms with Crippen LogP contribution < -0.4 is 5.32 Å². The van der Waals surface area contributed by atoms with E-state index in [0.29, 0.717) is 30.0 Å². The molecule has 1 N–H and O–H groups in total. The second kappa shape index (κ2) is 8.14. The molecular weight excluding hydrogens is 418 g/mol. The van der Waals surface area contributed by atoms with Crippen LogP contribution in [0.4, 0.5) is 0 Å². The van der Waals surface area contributed by atoms with Gasteiger partial charge in [-0.1, -0.05) is 38.1 Å². The van der Waals surface area contributed by atoms with Crippen molar-refractivity contribution in [3.8, 4) is 0 Å². The third-order valence-electron chi connectivity index (χ3n) is 7.09. The predicted molar refractivity (Wildman–Crippen MR) is 121 cm³/mol. The van der Waals surface area contributed by atoms with Gasteiger partial charge in [0.15, 0.2) is 0 Å². The average molecular weight is 446 g/mol. The third kappa shape index (κ3) is 3.71. The predicted octanol–water partition coefficient (Wildman–Crippen LogP) is 2.67. The molecule has 1 fully saturated rings. The fraction of sp³-hybridized carbons (Fsp3) is 0.385. The highest BCUT2D eigenvalue weighted by Gasteiger charge is 2.40. The van der Waals surface area contributed by atoms with E-state index in [1.54, 1.807) is 18.2 Å². The molecule has 1 unspecified atom stereocenters. The van der Waals surface area contributed by atoms with E-state index in [1.165, 1.54) is 16.0 Å². The summed E-state index contributed by atoms with van der Waals surface area (Å²) in [4.78, 5) is 53.8. The molecule has 2 aromatic carbocycles. The molecule has 3 aliphatic rings. The number of piperidine rings is 1. The minimum absolute atomic E-state index is 0.0436. The summed E-state index contributed by atoms with van der Waals surface area (Å²) in [5, 5.41) is 2.32. The lowest BCUT2D eigenvalue weighted by Crippen LogP contribution is -2.52. The summed E-state index contributed by atoms with van der Waals surface area (Å²) in [5.74, 6) is -0.712. The summed E-state index contributed by atoms with van der Waals surface area (Å²) in [5.41, 5.74) is 4.27. The van der Waals surface area contributed by atoms with Crippen molar-refractivity contribution >= 4 is 23.6 Å². The van der Waals surface area contributed by atoms with Gasteiger partial charge in [0.1, 0.15) is 6.04 Å². The first-order chi connectivity index (χ1) is 15.8. The molecule has 4 amide bonds. The van der Waals surface area contributed by atoms with Gasteiger partial charge in [-0.25, -0.2) is 0 Å². The molecule has 0 saturated carbocycles. The molecule has 3 aliphatic heterocycles. The summed E-state index contributed by atoms with van der Waals surface area (Å²) in [6, 6.07) is 12.9. The zero-order valence-corrected chi connectivity index (χ0v) is 18.8. The van der Waals surface area contributed by atoms with Crippen LogP contribution in [0.5, 0.6) is 0 Å². The molecule has 0 bridgehead atoms. The molecule has 7 heteroatoms. The molecule has 3 heterocycles. The Morgan fingerprint density at radius 1 is 1.00 bits per heavy atom. The summed E-state index contributed by atoms with van der Waals surface area (Å²) >= 11 is 0. The Kier molecular flexibility index (Phi) is 5.27. The normalized spacial score (nSPS) is 22.3. The van der Waals surface area contributed by atoms with Crippen LogP contribution in [-0.4, -0.2) is 45.5 Å². The first kappa shape index (κ1) is 21.4. The van der Waals surface area contributed by atoms with Gasteiger partial charge >= 0.3 is 0 Å². The lowest BCUT2D eigenvalue weighted by Gasteiger charge is -2.39. The number of carbonyl (C=O) groups excluding carboxylic acids is 4. The number of rotatable bonds is 3. The number of hydrogen-bond acceptors (Lipinski definition) is 4. The molecule has 2 aromatic rings. The summed E-state index contributed by atoms with van der Waals surface area (Å²) < 4.78 is 0. The Bertz CT molecular complexity index is 1170. The highest BCUT2D eigenvalue weighted by Crippen LogP contribution is 2.31. The van der Waals surface area contributed by atoms with Crippen LogP contribution in [-0.2, 0) is 29.1 Å². The van der Waals surface area contributed by atoms with E-state index in [-0.39, 0.29) is 36.7 Å². The van der Waals surface area contributed by atoms with E-state index in [1.807, 2.05) is 17.0 Å². The average Bonchev–Trinajstić information content (AvgIpc) is 3.13. The molecule has 0 aliphatic carbocycles. The fourth-order valence-electron chi connectivity index (χ4n) is 5.24. The Morgan fingerprint density at radius 2 is 1.76 bits per heavy atom. The quantitative estimate of drug-likeness (QED) is 0.736. The van der Waals surface area contributed by atoms with Gasteiger partial charge in [-0.2, -0.15) is 0 Å². The Balaban J connectivity index is 1.40. The molecule has 0 spiro atoms. The maximum atomic E-state index is 13.6. The van der Waals surface area contributed by atoms with Crippen LogP contribution in [0.25, 0.3) is 0 Å². The molecule has 170 valence electrons. The topological polar surface area (TPSA) is 86.8 Å². The first-order valence-electron chi connectivity index (χ1n) is 11.5. The number of imide groups is 1. The third-order valence-corrected chi connectivity index (χ3v) is 7.09. The number of carbonyl (C=O) groups is 4. The Morgan fingerprint density at radius 3 is 2.48 bits per heavy atom. The van der Waals surface area contributed by atoms with E-state index in [2.05, 4.69) is 31.3 Å². The van der Waals surface area contributed by atoms with Crippen molar-refractivity contribution in [2.45, 2.75) is 58.3 Å². The molecule has 33 heavy (non-hydrogen) atoms. The molecule has 2 atom stereocenters. The number of fused-ring (bicyclic) bond motifs is 2. The second-order valence-electron chi connectivity index (χ2n) is 9.49. The van der Waals surface area contributed by atoms with Gasteiger partial charge < -0.3 is 9.80 Å². The number of benzene rings is 2. The maximum absolute atomic E-state index is 13.6. The minimum Gasteiger partial charge on any atom is -0.331 e. The summed E-state index contributed by atoms with van der Waals surface area (Å²) in [7, 11) is 0. The van der Waals surface area contributed by atoms with Crippen molar-refractivity contribution in [3.05, 3.63) is 70.3 Å². The van der Waals surface area contributed by atoms with Crippen LogP contribution in [0.3, 0.4) is 0 Å². The molecule has 1 saturated heterocycles. The van der Waals surface area contributed by atoms with E-state index < -0.39 is 11.9 Å². The maximum Gasteiger partial charge on any atom is 0.255 e. The Labute approximate surface area is 192 Å². The van der Waals surface area contributed by atoms with Gasteiger partial charge in [-0.15, -0.1) is 0 Å². The number of hydrogen-bond donors (Lipinski definition) is 1. The monoisotopic (exact) mass is 445 g/mol. The smallest absolute Gasteiger partial charge is 0.255 e. The van der Waals surface area contributed by atoms with Gasteiger partial charge in [0, 0.05) is 36.7 Å². The van der Waals surface area contributed by atoms with Crippen molar-refractivity contribution in [3.63, 3.8) is 0 Å². The van der Waals surface area contributed by atoms with E-state index in [0.717, 1.165) is 12.0 Å².